The third kappa shape index (κ3) is 3.83. The highest BCUT2D eigenvalue weighted by molar-refractivity contribution is 7.98. The third-order valence-electron chi connectivity index (χ3n) is 4.46. The molecule has 0 aliphatic carbocycles. The Morgan fingerprint density at radius 1 is 1.19 bits per heavy atom. The Morgan fingerprint density at radius 2 is 1.89 bits per heavy atom. The second-order valence-corrected chi connectivity index (χ2v) is 7.14. The van der Waals surface area contributed by atoms with E-state index in [4.69, 9.17) is 0 Å². The van der Waals surface area contributed by atoms with E-state index in [-0.39, 0.29) is 12.1 Å². The Kier molecular flexibility index (Phi) is 5.24. The van der Waals surface area contributed by atoms with E-state index in [1.807, 2.05) is 36.9 Å². The Bertz CT molecular complexity index is 1010. The van der Waals surface area contributed by atoms with Crippen LogP contribution in [0.3, 0.4) is 0 Å². The molecular formula is C20H19F3N2OS. The highest BCUT2D eigenvalue weighted by Crippen LogP contribution is 2.36. The lowest BCUT2D eigenvalue weighted by atomic mass is 10.1. The van der Waals surface area contributed by atoms with E-state index in [2.05, 4.69) is 11.4 Å². The molecule has 0 spiro atoms. The monoisotopic (exact) mass is 392 g/mol. The first kappa shape index (κ1) is 19.4. The molecule has 0 aliphatic heterocycles. The van der Waals surface area contributed by atoms with Crippen molar-refractivity contribution in [1.82, 2.24) is 4.57 Å². The van der Waals surface area contributed by atoms with Crippen LogP contribution in [0.2, 0.25) is 0 Å². The average molecular weight is 392 g/mol. The molecule has 1 amide bonds. The van der Waals surface area contributed by atoms with Crippen LogP contribution in [0.25, 0.3) is 10.9 Å². The summed E-state index contributed by atoms with van der Waals surface area (Å²) in [6, 6.07) is 11.0. The first-order valence-electron chi connectivity index (χ1n) is 8.30. The average Bonchev–Trinajstić information content (AvgIpc) is 2.85. The van der Waals surface area contributed by atoms with Crippen molar-refractivity contribution in [3.8, 4) is 0 Å². The lowest BCUT2D eigenvalue weighted by Crippen LogP contribution is -2.19. The maximum Gasteiger partial charge on any atom is 0.418 e. The summed E-state index contributed by atoms with van der Waals surface area (Å²) in [7, 11) is 1.86. The molecule has 2 aromatic carbocycles. The van der Waals surface area contributed by atoms with E-state index in [1.165, 1.54) is 30.0 Å². The second kappa shape index (κ2) is 7.31. The third-order valence-corrected chi connectivity index (χ3v) is 5.33. The second-order valence-electron chi connectivity index (χ2n) is 6.33. The number of anilines is 1. The molecule has 0 radical (unpaired) electrons. The maximum absolute atomic E-state index is 13.1. The minimum absolute atomic E-state index is 0.00735. The standard InChI is InChI=1S/C20H19F3N2OS/c1-12-8-9-16-13(10-12)19(27-3)17(25(16)2)11-18(26)24-15-7-5-4-6-14(15)20(21,22)23/h4-10H,11H2,1-3H3,(H,24,26). The number of amides is 1. The van der Waals surface area contributed by atoms with Crippen LogP contribution in [0.1, 0.15) is 16.8 Å². The lowest BCUT2D eigenvalue weighted by Gasteiger charge is -2.14. The van der Waals surface area contributed by atoms with Gasteiger partial charge in [0.25, 0.3) is 0 Å². The highest BCUT2D eigenvalue weighted by atomic mass is 32.2. The summed E-state index contributed by atoms with van der Waals surface area (Å²) >= 11 is 1.53. The molecule has 0 aliphatic rings. The quantitative estimate of drug-likeness (QED) is 0.603. The Balaban J connectivity index is 1.93. The fourth-order valence-corrected chi connectivity index (χ4v) is 4.02. The molecule has 142 valence electrons. The van der Waals surface area contributed by atoms with E-state index in [0.29, 0.717) is 0 Å². The predicted molar refractivity (Wildman–Crippen MR) is 103 cm³/mol. The van der Waals surface area contributed by atoms with Gasteiger partial charge in [-0.15, -0.1) is 11.8 Å². The van der Waals surface area contributed by atoms with Crippen molar-refractivity contribution in [2.24, 2.45) is 7.05 Å². The molecular weight excluding hydrogens is 373 g/mol. The summed E-state index contributed by atoms with van der Waals surface area (Å²) in [5.41, 5.74) is 1.80. The summed E-state index contributed by atoms with van der Waals surface area (Å²) in [6.45, 7) is 2.00. The zero-order valence-electron chi connectivity index (χ0n) is 15.1. The molecule has 3 nitrogen and oxygen atoms in total. The smallest absolute Gasteiger partial charge is 0.346 e. The number of carbonyl (C=O) groups is 1. The normalized spacial score (nSPS) is 11.8. The summed E-state index contributed by atoms with van der Waals surface area (Å²) < 4.78 is 41.3. The predicted octanol–water partition coefficient (Wildman–Crippen LogP) is 5.41. The molecule has 1 heterocycles. The van der Waals surface area contributed by atoms with Crippen LogP contribution in [0.15, 0.2) is 47.4 Å². The topological polar surface area (TPSA) is 34.0 Å². The molecule has 1 aromatic heterocycles. The minimum atomic E-state index is -4.52. The number of alkyl halides is 3. The van der Waals surface area contributed by atoms with Crippen molar-refractivity contribution in [2.45, 2.75) is 24.4 Å². The molecule has 3 rings (SSSR count). The molecule has 27 heavy (non-hydrogen) atoms. The Hall–Kier alpha value is -2.41. The molecule has 0 unspecified atom stereocenters. The fraction of sp³-hybridized carbons (Fsp3) is 0.250. The number of halogens is 3. The number of hydrogen-bond donors (Lipinski definition) is 1. The van der Waals surface area contributed by atoms with Crippen LogP contribution >= 0.6 is 11.8 Å². The van der Waals surface area contributed by atoms with Crippen molar-refractivity contribution in [1.29, 1.82) is 0 Å². The first-order valence-corrected chi connectivity index (χ1v) is 9.53. The summed E-state index contributed by atoms with van der Waals surface area (Å²) in [4.78, 5) is 13.5. The van der Waals surface area contributed by atoms with Gasteiger partial charge in [0.1, 0.15) is 0 Å². The molecule has 0 bridgehead atoms. The van der Waals surface area contributed by atoms with Crippen LogP contribution < -0.4 is 5.32 Å². The number of para-hydroxylation sites is 1. The summed E-state index contributed by atoms with van der Waals surface area (Å²) in [6.07, 6.45) is -2.60. The van der Waals surface area contributed by atoms with Crippen LogP contribution in [-0.2, 0) is 24.4 Å². The molecule has 0 saturated heterocycles. The van der Waals surface area contributed by atoms with Crippen LogP contribution in [0.4, 0.5) is 18.9 Å². The summed E-state index contributed by atoms with van der Waals surface area (Å²) in [5, 5.41) is 3.46. The minimum Gasteiger partial charge on any atom is -0.346 e. The zero-order chi connectivity index (χ0) is 19.8. The van der Waals surface area contributed by atoms with Crippen LogP contribution in [-0.4, -0.2) is 16.7 Å². The van der Waals surface area contributed by atoms with Crippen molar-refractivity contribution in [3.63, 3.8) is 0 Å². The number of thioether (sulfide) groups is 1. The molecule has 0 saturated carbocycles. The summed E-state index contributed by atoms with van der Waals surface area (Å²) in [5.74, 6) is -0.482. The SMILES string of the molecule is CSc1c(CC(=O)Nc2ccccc2C(F)(F)F)n(C)c2ccc(C)cc12. The molecule has 1 N–H and O–H groups in total. The molecule has 7 heteroatoms. The van der Waals surface area contributed by atoms with Gasteiger partial charge in [0.2, 0.25) is 5.91 Å². The number of aryl methyl sites for hydroxylation is 2. The lowest BCUT2D eigenvalue weighted by molar-refractivity contribution is -0.137. The van der Waals surface area contributed by atoms with E-state index in [9.17, 15) is 18.0 Å². The number of nitrogens with zero attached hydrogens (tertiary/aromatic N) is 1. The van der Waals surface area contributed by atoms with Gasteiger partial charge in [-0.1, -0.05) is 23.8 Å². The number of aromatic nitrogens is 1. The number of rotatable bonds is 4. The molecule has 0 atom stereocenters. The number of hydrogen-bond acceptors (Lipinski definition) is 2. The van der Waals surface area contributed by atoms with Crippen LogP contribution in [0.5, 0.6) is 0 Å². The highest BCUT2D eigenvalue weighted by Gasteiger charge is 2.33. The fourth-order valence-electron chi connectivity index (χ4n) is 3.19. The molecule has 3 aromatic rings. The van der Waals surface area contributed by atoms with Gasteiger partial charge in [0.05, 0.1) is 17.7 Å². The number of benzene rings is 2. The maximum atomic E-state index is 13.1. The number of nitrogens with one attached hydrogen (secondary N) is 1. The Labute approximate surface area is 159 Å². The van der Waals surface area contributed by atoms with Gasteiger partial charge < -0.3 is 9.88 Å². The zero-order valence-corrected chi connectivity index (χ0v) is 16.0. The van der Waals surface area contributed by atoms with Crippen molar-refractivity contribution in [3.05, 3.63) is 59.3 Å². The van der Waals surface area contributed by atoms with E-state index in [0.717, 1.165) is 33.1 Å². The van der Waals surface area contributed by atoms with Gasteiger partial charge in [-0.3, -0.25) is 4.79 Å². The van der Waals surface area contributed by atoms with Gasteiger partial charge in [-0.2, -0.15) is 13.2 Å². The van der Waals surface area contributed by atoms with Gasteiger partial charge in [0, 0.05) is 28.5 Å². The van der Waals surface area contributed by atoms with Gasteiger partial charge in [0.15, 0.2) is 0 Å². The van der Waals surface area contributed by atoms with E-state index in [1.54, 1.807) is 0 Å². The van der Waals surface area contributed by atoms with Crippen molar-refractivity contribution < 1.29 is 18.0 Å². The van der Waals surface area contributed by atoms with Gasteiger partial charge >= 0.3 is 6.18 Å². The Morgan fingerprint density at radius 3 is 2.56 bits per heavy atom. The largest absolute Gasteiger partial charge is 0.418 e. The van der Waals surface area contributed by atoms with Crippen molar-refractivity contribution in [2.75, 3.05) is 11.6 Å². The van der Waals surface area contributed by atoms with Gasteiger partial charge in [-0.25, -0.2) is 0 Å². The van der Waals surface area contributed by atoms with Gasteiger partial charge in [-0.05, 0) is 37.4 Å². The van der Waals surface area contributed by atoms with Crippen molar-refractivity contribution >= 4 is 34.3 Å². The number of fused-ring (bicyclic) bond motifs is 1. The van der Waals surface area contributed by atoms with E-state index >= 15 is 0 Å². The van der Waals surface area contributed by atoms with Crippen LogP contribution in [0, 0.1) is 6.92 Å². The molecule has 0 fully saturated rings. The van der Waals surface area contributed by atoms with E-state index < -0.39 is 17.6 Å². The number of carbonyl (C=O) groups excluding carboxylic acids is 1. The first-order chi connectivity index (χ1) is 12.7.